The lowest BCUT2D eigenvalue weighted by molar-refractivity contribution is -0.192. The first-order valence-electron chi connectivity index (χ1n) is 14.2. The summed E-state index contributed by atoms with van der Waals surface area (Å²) in [6.07, 6.45) is -4.74. The van der Waals surface area contributed by atoms with Crippen molar-refractivity contribution in [3.63, 3.8) is 0 Å². The average Bonchev–Trinajstić information content (AvgIpc) is 3.05. The van der Waals surface area contributed by atoms with E-state index >= 15 is 0 Å². The summed E-state index contributed by atoms with van der Waals surface area (Å²) in [5.41, 5.74) is 14.3. The van der Waals surface area contributed by atoms with E-state index in [0.717, 1.165) is 22.3 Å². The fourth-order valence-electron chi connectivity index (χ4n) is 4.15. The van der Waals surface area contributed by atoms with Gasteiger partial charge < -0.3 is 37.3 Å². The number of ether oxygens (including phenoxy) is 1. The molecule has 3 aromatic carbocycles. The molecule has 3 aromatic rings. The molecule has 1 atom stereocenters. The number of benzene rings is 3. The number of rotatable bonds is 13. The van der Waals surface area contributed by atoms with Crippen LogP contribution in [0.3, 0.4) is 0 Å². The molecule has 12 nitrogen and oxygen atoms in total. The molecule has 0 aliphatic carbocycles. The van der Waals surface area contributed by atoms with Crippen molar-refractivity contribution in [1.29, 1.82) is 0 Å². The lowest BCUT2D eigenvalue weighted by Crippen LogP contribution is -2.48. The maximum absolute atomic E-state index is 13.6. The molecule has 8 N–H and O–H groups in total. The maximum Gasteiger partial charge on any atom is 0.490 e. The molecule has 0 saturated heterocycles. The van der Waals surface area contributed by atoms with Gasteiger partial charge >= 0.3 is 18.2 Å². The summed E-state index contributed by atoms with van der Waals surface area (Å²) in [5, 5.41) is 15.6. The summed E-state index contributed by atoms with van der Waals surface area (Å²) >= 11 is 0. The largest absolute Gasteiger partial charge is 0.490 e. The highest BCUT2D eigenvalue weighted by molar-refractivity contribution is 5.92. The van der Waals surface area contributed by atoms with E-state index in [0.29, 0.717) is 25.9 Å². The first-order valence-corrected chi connectivity index (χ1v) is 14.2. The van der Waals surface area contributed by atoms with Crippen LogP contribution in [0.2, 0.25) is 0 Å². The maximum atomic E-state index is 13.6. The lowest BCUT2D eigenvalue weighted by Gasteiger charge is -2.23. The van der Waals surface area contributed by atoms with Crippen LogP contribution in [-0.2, 0) is 32.2 Å². The van der Waals surface area contributed by atoms with Crippen molar-refractivity contribution in [1.82, 2.24) is 16.0 Å². The van der Waals surface area contributed by atoms with Crippen LogP contribution in [0, 0.1) is 0 Å². The second-order valence-corrected chi connectivity index (χ2v) is 9.95. The van der Waals surface area contributed by atoms with Crippen LogP contribution in [0.15, 0.2) is 89.9 Å². The summed E-state index contributed by atoms with van der Waals surface area (Å²) in [6, 6.07) is 25.6. The third-order valence-electron chi connectivity index (χ3n) is 6.46. The Kier molecular flexibility index (Phi) is 15.2. The average molecular weight is 659 g/mol. The quantitative estimate of drug-likeness (QED) is 0.0914. The number of guanidine groups is 1. The smallest absolute Gasteiger partial charge is 0.475 e. The molecule has 0 aliphatic heterocycles. The van der Waals surface area contributed by atoms with Crippen molar-refractivity contribution in [2.24, 2.45) is 16.5 Å². The highest BCUT2D eigenvalue weighted by Crippen LogP contribution is 2.25. The molecule has 0 unspecified atom stereocenters. The molecule has 0 heterocycles. The number of hydrogen-bond acceptors (Lipinski definition) is 6. The fraction of sp³-hybridized carbons (Fsp3) is 0.281. The number of carboxylic acid groups (broad SMARTS) is 1. The number of hydrogen-bond donors (Lipinski definition) is 6. The van der Waals surface area contributed by atoms with Crippen LogP contribution in [-0.4, -0.2) is 60.8 Å². The van der Waals surface area contributed by atoms with Crippen molar-refractivity contribution in [3.8, 4) is 0 Å². The number of aliphatic imine (C=N–C) groups is 1. The molecule has 0 bridgehead atoms. The van der Waals surface area contributed by atoms with Gasteiger partial charge in [-0.2, -0.15) is 13.2 Å². The van der Waals surface area contributed by atoms with Gasteiger partial charge in [-0.05, 0) is 35.1 Å². The van der Waals surface area contributed by atoms with E-state index < -0.39 is 30.2 Å². The summed E-state index contributed by atoms with van der Waals surface area (Å²) in [6.45, 7) is 0.932. The van der Waals surface area contributed by atoms with Gasteiger partial charge in [-0.25, -0.2) is 9.59 Å². The summed E-state index contributed by atoms with van der Waals surface area (Å²) in [7, 11) is 1.31. The molecule has 0 fully saturated rings. The van der Waals surface area contributed by atoms with Crippen molar-refractivity contribution in [3.05, 3.63) is 107 Å². The minimum atomic E-state index is -5.08. The summed E-state index contributed by atoms with van der Waals surface area (Å²) < 4.78 is 36.3. The van der Waals surface area contributed by atoms with Crippen LogP contribution >= 0.6 is 0 Å². The predicted molar refractivity (Wildman–Crippen MR) is 168 cm³/mol. The molecule has 0 spiro atoms. The molecule has 15 heteroatoms. The summed E-state index contributed by atoms with van der Waals surface area (Å²) in [5.74, 6) is -3.95. The van der Waals surface area contributed by atoms with E-state index in [-0.39, 0.29) is 24.3 Å². The van der Waals surface area contributed by atoms with Crippen molar-refractivity contribution in [2.45, 2.75) is 44.1 Å². The van der Waals surface area contributed by atoms with Gasteiger partial charge in [0.1, 0.15) is 6.04 Å². The van der Waals surface area contributed by atoms with E-state index in [1.165, 1.54) is 7.11 Å². The number of amides is 3. The molecule has 3 amide bonds. The standard InChI is InChI=1S/C30H36N6O4.C2HF3O2/c1-40-30(39)35-20-22-16-14-21(15-17-22)19-34-27(37)25(13-8-18-33-29(31)32)36-28(38)26(23-9-4-2-5-10-23)24-11-6-3-7-12-24;3-2(4,5)1(6)7/h2-7,9-12,14-17,25-26H,8,13,18-20H2,1H3,(H,34,37)(H,35,39)(H,36,38)(H4,31,32,33);(H,6,7)/t25-;/m1./s1. The first-order chi connectivity index (χ1) is 22.3. The Morgan fingerprint density at radius 1 is 0.809 bits per heavy atom. The van der Waals surface area contributed by atoms with Gasteiger partial charge in [-0.15, -0.1) is 0 Å². The number of nitrogens with two attached hydrogens (primary N) is 2. The van der Waals surface area contributed by atoms with E-state index in [9.17, 15) is 27.6 Å². The minimum Gasteiger partial charge on any atom is -0.475 e. The second kappa shape index (κ2) is 19.0. The van der Waals surface area contributed by atoms with E-state index in [1.54, 1.807) is 0 Å². The number of methoxy groups -OCH3 is 1. The molecule has 0 aliphatic rings. The van der Waals surface area contributed by atoms with Gasteiger partial charge in [-0.3, -0.25) is 14.6 Å². The van der Waals surface area contributed by atoms with E-state index in [2.05, 4.69) is 25.7 Å². The van der Waals surface area contributed by atoms with Gasteiger partial charge in [0.15, 0.2) is 5.96 Å². The van der Waals surface area contributed by atoms with E-state index in [4.69, 9.17) is 21.4 Å². The highest BCUT2D eigenvalue weighted by atomic mass is 19.4. The SMILES string of the molecule is COC(=O)NCc1ccc(CNC(=O)[C@@H](CCCN=C(N)N)NC(=O)C(c2ccccc2)c2ccccc2)cc1.O=C(O)C(F)(F)F. The molecule has 0 radical (unpaired) electrons. The normalized spacial score (nSPS) is 11.3. The number of alkyl halides is 3. The number of carbonyl (C=O) groups is 4. The monoisotopic (exact) mass is 658 g/mol. The van der Waals surface area contributed by atoms with Gasteiger partial charge in [-0.1, -0.05) is 84.9 Å². The van der Waals surface area contributed by atoms with Crippen LogP contribution in [0.5, 0.6) is 0 Å². The Balaban J connectivity index is 0.000000984. The Morgan fingerprint density at radius 2 is 1.28 bits per heavy atom. The van der Waals surface area contributed by atoms with Gasteiger partial charge in [0, 0.05) is 19.6 Å². The first kappa shape index (κ1) is 37.6. The third-order valence-corrected chi connectivity index (χ3v) is 6.46. The number of aliphatic carboxylic acids is 1. The van der Waals surface area contributed by atoms with Gasteiger partial charge in [0.25, 0.3) is 0 Å². The Hall–Kier alpha value is -5.60. The molecule has 0 saturated carbocycles. The zero-order chi connectivity index (χ0) is 34.8. The number of nitrogens with one attached hydrogen (secondary N) is 3. The molecule has 3 rings (SSSR count). The molecular formula is C32H37F3N6O6. The lowest BCUT2D eigenvalue weighted by atomic mass is 9.90. The summed E-state index contributed by atoms with van der Waals surface area (Å²) in [4.78, 5) is 51.1. The molecular weight excluding hydrogens is 621 g/mol. The molecule has 47 heavy (non-hydrogen) atoms. The Morgan fingerprint density at radius 3 is 1.70 bits per heavy atom. The molecule has 252 valence electrons. The zero-order valence-corrected chi connectivity index (χ0v) is 25.5. The van der Waals surface area contributed by atoms with Crippen molar-refractivity contribution in [2.75, 3.05) is 13.7 Å². The minimum absolute atomic E-state index is 0.0245. The Labute approximate surface area is 269 Å². The highest BCUT2D eigenvalue weighted by Gasteiger charge is 2.38. The zero-order valence-electron chi connectivity index (χ0n) is 25.5. The van der Waals surface area contributed by atoms with Crippen LogP contribution in [0.1, 0.15) is 41.0 Å². The van der Waals surface area contributed by atoms with Gasteiger partial charge in [0.2, 0.25) is 11.8 Å². The molecule has 0 aromatic heterocycles. The number of halogens is 3. The predicted octanol–water partition coefficient (Wildman–Crippen LogP) is 3.16. The van der Waals surface area contributed by atoms with Crippen molar-refractivity contribution < 1.29 is 42.2 Å². The van der Waals surface area contributed by atoms with E-state index in [1.807, 2.05) is 84.9 Å². The number of carboxylic acids is 1. The second-order valence-electron chi connectivity index (χ2n) is 9.95. The van der Waals surface area contributed by atoms with Gasteiger partial charge in [0.05, 0.1) is 13.0 Å². The number of nitrogens with zero attached hydrogens (tertiary/aromatic N) is 1. The number of alkyl carbamates (subject to hydrolysis) is 1. The van der Waals surface area contributed by atoms with Crippen molar-refractivity contribution >= 4 is 29.8 Å². The van der Waals surface area contributed by atoms with Crippen LogP contribution in [0.25, 0.3) is 0 Å². The fourth-order valence-corrected chi connectivity index (χ4v) is 4.15. The number of carbonyl (C=O) groups excluding carboxylic acids is 3. The third kappa shape index (κ3) is 13.9. The van der Waals surface area contributed by atoms with Crippen LogP contribution < -0.4 is 27.4 Å². The Bertz CT molecular complexity index is 1430. The van der Waals surface area contributed by atoms with Crippen LogP contribution in [0.4, 0.5) is 18.0 Å². The topological polar surface area (TPSA) is 198 Å².